The summed E-state index contributed by atoms with van der Waals surface area (Å²) in [5, 5.41) is 2.46. The molecule has 0 unspecified atom stereocenters. The van der Waals surface area contributed by atoms with E-state index >= 15 is 0 Å². The molecule has 0 heterocycles. The first-order valence-corrected chi connectivity index (χ1v) is 6.21. The van der Waals surface area contributed by atoms with Gasteiger partial charge in [-0.25, -0.2) is 4.79 Å². The fourth-order valence-electron chi connectivity index (χ4n) is 1.87. The molecule has 0 spiro atoms. The van der Waals surface area contributed by atoms with Gasteiger partial charge >= 0.3 is 12.6 Å². The van der Waals surface area contributed by atoms with E-state index < -0.39 is 24.5 Å². The molecule has 0 saturated carbocycles. The first kappa shape index (κ1) is 16.9. The number of ether oxygens (including phenoxy) is 2. The van der Waals surface area contributed by atoms with Gasteiger partial charge in [0, 0.05) is 5.56 Å². The van der Waals surface area contributed by atoms with Crippen LogP contribution in [0.1, 0.15) is 28.4 Å². The summed E-state index contributed by atoms with van der Waals surface area (Å²) in [5.74, 6) is -1.03. The number of nitrogens with one attached hydrogen (secondary N) is 1. The van der Waals surface area contributed by atoms with Crippen molar-refractivity contribution in [2.75, 3.05) is 7.11 Å². The molecule has 1 amide bonds. The zero-order chi connectivity index (χ0) is 16.2. The van der Waals surface area contributed by atoms with Crippen molar-refractivity contribution < 1.29 is 27.8 Å². The van der Waals surface area contributed by atoms with E-state index in [1.165, 1.54) is 26.2 Å². The zero-order valence-corrected chi connectivity index (χ0v) is 12.2. The minimum absolute atomic E-state index is 0.0440. The number of alkyl halides is 2. The SMILES string of the molecule is COC(=O)[C@H](C)NC(=O)c1cc(C)c(OC(F)F)c(C)c1. The Labute approximate surface area is 121 Å². The molecule has 1 aromatic rings. The lowest BCUT2D eigenvalue weighted by atomic mass is 10.0. The van der Waals surface area contributed by atoms with Gasteiger partial charge in [-0.2, -0.15) is 8.78 Å². The molecular weight excluding hydrogens is 284 g/mol. The van der Waals surface area contributed by atoms with Crippen molar-refractivity contribution in [3.63, 3.8) is 0 Å². The van der Waals surface area contributed by atoms with Crippen LogP contribution in [0.3, 0.4) is 0 Å². The van der Waals surface area contributed by atoms with Crippen molar-refractivity contribution in [3.05, 3.63) is 28.8 Å². The van der Waals surface area contributed by atoms with E-state index in [1.807, 2.05) is 0 Å². The molecule has 1 aromatic carbocycles. The number of carbonyl (C=O) groups excluding carboxylic acids is 2. The van der Waals surface area contributed by atoms with Gasteiger partial charge in [-0.3, -0.25) is 4.79 Å². The van der Waals surface area contributed by atoms with Gasteiger partial charge in [-0.15, -0.1) is 0 Å². The molecule has 0 aromatic heterocycles. The van der Waals surface area contributed by atoms with Crippen LogP contribution in [0.5, 0.6) is 5.75 Å². The number of carbonyl (C=O) groups is 2. The van der Waals surface area contributed by atoms with Gasteiger partial charge in [0.15, 0.2) is 0 Å². The van der Waals surface area contributed by atoms with Crippen LogP contribution in [0.25, 0.3) is 0 Å². The van der Waals surface area contributed by atoms with Gasteiger partial charge in [0.1, 0.15) is 11.8 Å². The number of amides is 1. The summed E-state index contributed by atoms with van der Waals surface area (Å²) >= 11 is 0. The average molecular weight is 301 g/mol. The average Bonchev–Trinajstić information content (AvgIpc) is 2.41. The van der Waals surface area contributed by atoms with Crippen molar-refractivity contribution in [2.24, 2.45) is 0 Å². The number of hydrogen-bond acceptors (Lipinski definition) is 4. The van der Waals surface area contributed by atoms with Crippen molar-refractivity contribution in [2.45, 2.75) is 33.4 Å². The molecule has 0 fully saturated rings. The lowest BCUT2D eigenvalue weighted by molar-refractivity contribution is -0.142. The van der Waals surface area contributed by atoms with Gasteiger partial charge in [0.2, 0.25) is 0 Å². The Morgan fingerprint density at radius 3 is 2.14 bits per heavy atom. The Hall–Kier alpha value is -2.18. The second-order valence-electron chi connectivity index (χ2n) is 4.54. The highest BCUT2D eigenvalue weighted by atomic mass is 19.3. The van der Waals surface area contributed by atoms with Crippen LogP contribution < -0.4 is 10.1 Å². The maximum atomic E-state index is 12.3. The predicted molar refractivity (Wildman–Crippen MR) is 71.5 cm³/mol. The van der Waals surface area contributed by atoms with Gasteiger partial charge in [0.05, 0.1) is 7.11 Å². The van der Waals surface area contributed by atoms with Gasteiger partial charge in [-0.1, -0.05) is 0 Å². The maximum Gasteiger partial charge on any atom is 0.387 e. The summed E-state index contributed by atoms with van der Waals surface area (Å²) in [6, 6.07) is 2.04. The van der Waals surface area contributed by atoms with E-state index in [0.29, 0.717) is 11.1 Å². The van der Waals surface area contributed by atoms with Crippen molar-refractivity contribution in [3.8, 4) is 5.75 Å². The molecule has 0 aliphatic heterocycles. The van der Waals surface area contributed by atoms with Crippen LogP contribution in [0.15, 0.2) is 12.1 Å². The smallest absolute Gasteiger partial charge is 0.387 e. The molecule has 0 radical (unpaired) electrons. The highest BCUT2D eigenvalue weighted by Gasteiger charge is 2.19. The van der Waals surface area contributed by atoms with Gasteiger partial charge < -0.3 is 14.8 Å². The number of benzene rings is 1. The third-order valence-electron chi connectivity index (χ3n) is 2.83. The Morgan fingerprint density at radius 1 is 1.19 bits per heavy atom. The van der Waals surface area contributed by atoms with Crippen LogP contribution in [-0.4, -0.2) is 31.6 Å². The number of rotatable bonds is 5. The second kappa shape index (κ2) is 7.01. The summed E-state index contributed by atoms with van der Waals surface area (Å²) in [4.78, 5) is 23.3. The fourth-order valence-corrected chi connectivity index (χ4v) is 1.87. The second-order valence-corrected chi connectivity index (χ2v) is 4.54. The molecule has 1 N–H and O–H groups in total. The molecule has 0 saturated heterocycles. The first-order valence-electron chi connectivity index (χ1n) is 6.21. The minimum atomic E-state index is -2.93. The molecule has 1 atom stereocenters. The number of hydrogen-bond donors (Lipinski definition) is 1. The van der Waals surface area contributed by atoms with Gasteiger partial charge in [-0.05, 0) is 44.0 Å². The summed E-state index contributed by atoms with van der Waals surface area (Å²) in [6.45, 7) is 1.68. The normalized spacial score (nSPS) is 12.0. The lowest BCUT2D eigenvalue weighted by Crippen LogP contribution is -2.39. The highest BCUT2D eigenvalue weighted by molar-refractivity contribution is 5.97. The van der Waals surface area contributed by atoms with Crippen molar-refractivity contribution in [1.82, 2.24) is 5.32 Å². The third kappa shape index (κ3) is 4.40. The quantitative estimate of drug-likeness (QED) is 0.847. The van der Waals surface area contributed by atoms with E-state index in [1.54, 1.807) is 13.8 Å². The molecule has 5 nitrogen and oxygen atoms in total. The molecule has 0 aliphatic carbocycles. The Balaban J connectivity index is 2.94. The van der Waals surface area contributed by atoms with E-state index in [4.69, 9.17) is 0 Å². The molecule has 1 rings (SSSR count). The monoisotopic (exact) mass is 301 g/mol. The van der Waals surface area contributed by atoms with E-state index in [2.05, 4.69) is 14.8 Å². The third-order valence-corrected chi connectivity index (χ3v) is 2.83. The van der Waals surface area contributed by atoms with Crippen LogP contribution in [0.4, 0.5) is 8.78 Å². The fraction of sp³-hybridized carbons (Fsp3) is 0.429. The predicted octanol–water partition coefficient (Wildman–Crippen LogP) is 2.20. The first-order chi connectivity index (χ1) is 9.76. The largest absolute Gasteiger partial charge is 0.467 e. The van der Waals surface area contributed by atoms with Crippen molar-refractivity contribution >= 4 is 11.9 Å². The summed E-state index contributed by atoms with van der Waals surface area (Å²) in [7, 11) is 1.22. The Bertz CT molecular complexity index is 523. The van der Waals surface area contributed by atoms with Crippen LogP contribution >= 0.6 is 0 Å². The number of esters is 1. The van der Waals surface area contributed by atoms with Crippen LogP contribution in [0, 0.1) is 13.8 Å². The van der Waals surface area contributed by atoms with E-state index in [9.17, 15) is 18.4 Å². The van der Waals surface area contributed by atoms with Gasteiger partial charge in [0.25, 0.3) is 5.91 Å². The molecule has 7 heteroatoms. The van der Waals surface area contributed by atoms with Crippen LogP contribution in [-0.2, 0) is 9.53 Å². The molecule has 116 valence electrons. The van der Waals surface area contributed by atoms with Crippen LogP contribution in [0.2, 0.25) is 0 Å². The van der Waals surface area contributed by atoms with E-state index in [0.717, 1.165) is 0 Å². The summed E-state index contributed by atoms with van der Waals surface area (Å²) in [6.07, 6.45) is 0. The Morgan fingerprint density at radius 2 is 1.71 bits per heavy atom. The molecule has 21 heavy (non-hydrogen) atoms. The highest BCUT2D eigenvalue weighted by Crippen LogP contribution is 2.26. The molecule has 0 bridgehead atoms. The minimum Gasteiger partial charge on any atom is -0.467 e. The number of methoxy groups -OCH3 is 1. The zero-order valence-electron chi connectivity index (χ0n) is 12.2. The Kier molecular flexibility index (Phi) is 5.63. The molecule has 0 aliphatic rings. The standard InChI is InChI=1S/C14H17F2NO4/c1-7-5-10(6-8(2)11(7)21-14(15)16)12(18)17-9(3)13(19)20-4/h5-6,9,14H,1-4H3,(H,17,18)/t9-/m0/s1. The maximum absolute atomic E-state index is 12.3. The summed E-state index contributed by atoms with van der Waals surface area (Å²) in [5.41, 5.74) is 1.07. The summed E-state index contributed by atoms with van der Waals surface area (Å²) < 4.78 is 33.5. The number of aryl methyl sites for hydroxylation is 2. The topological polar surface area (TPSA) is 64.6 Å². The van der Waals surface area contributed by atoms with E-state index in [-0.39, 0.29) is 11.3 Å². The lowest BCUT2D eigenvalue weighted by Gasteiger charge is -2.15. The van der Waals surface area contributed by atoms with Crippen molar-refractivity contribution in [1.29, 1.82) is 0 Å². The molecular formula is C14H17F2NO4. The number of halogens is 2.